The van der Waals surface area contributed by atoms with Crippen LogP contribution in [-0.4, -0.2) is 65.2 Å². The van der Waals surface area contributed by atoms with Crippen LogP contribution >= 0.6 is 0 Å². The van der Waals surface area contributed by atoms with Crippen molar-refractivity contribution in [3.8, 4) is 0 Å². The molecule has 0 bridgehead atoms. The summed E-state index contributed by atoms with van der Waals surface area (Å²) in [6.45, 7) is 9.27. The van der Waals surface area contributed by atoms with Crippen LogP contribution in [0.3, 0.4) is 0 Å². The molecule has 9 nitrogen and oxygen atoms in total. The van der Waals surface area contributed by atoms with Crippen LogP contribution < -0.4 is 10.6 Å². The third-order valence-corrected chi connectivity index (χ3v) is 4.20. The maximum absolute atomic E-state index is 12.8. The van der Waals surface area contributed by atoms with Gasteiger partial charge in [-0.25, -0.2) is 4.79 Å². The number of nitrogens with one attached hydrogen (secondary N) is 2. The summed E-state index contributed by atoms with van der Waals surface area (Å²) < 4.78 is 5.23. The summed E-state index contributed by atoms with van der Waals surface area (Å²) in [5, 5.41) is 13.6. The van der Waals surface area contributed by atoms with E-state index in [2.05, 4.69) is 10.6 Å². The number of ether oxygens (including phenoxy) is 1. The van der Waals surface area contributed by atoms with E-state index >= 15 is 0 Å². The zero-order chi connectivity index (χ0) is 20.8. The third-order valence-electron chi connectivity index (χ3n) is 4.20. The van der Waals surface area contributed by atoms with Gasteiger partial charge in [0.2, 0.25) is 11.8 Å². The molecule has 9 heteroatoms. The molecule has 0 aromatic heterocycles. The molecule has 0 spiro atoms. The number of carbonyl (C=O) groups excluding carboxylic acids is 3. The normalized spacial score (nSPS) is 16.6. The van der Waals surface area contributed by atoms with Crippen molar-refractivity contribution < 1.29 is 29.0 Å². The maximum atomic E-state index is 12.8. The molecule has 154 valence electrons. The zero-order valence-electron chi connectivity index (χ0n) is 16.7. The van der Waals surface area contributed by atoms with Gasteiger partial charge in [-0.3, -0.25) is 14.4 Å². The lowest BCUT2D eigenvalue weighted by Gasteiger charge is -2.35. The second-order valence-corrected chi connectivity index (χ2v) is 8.08. The molecule has 3 N–H and O–H groups in total. The highest BCUT2D eigenvalue weighted by atomic mass is 16.6. The maximum Gasteiger partial charge on any atom is 0.408 e. The van der Waals surface area contributed by atoms with Crippen molar-refractivity contribution in [2.75, 3.05) is 19.6 Å². The van der Waals surface area contributed by atoms with Gasteiger partial charge in [-0.1, -0.05) is 13.8 Å². The van der Waals surface area contributed by atoms with Gasteiger partial charge in [-0.15, -0.1) is 0 Å². The van der Waals surface area contributed by atoms with Crippen LogP contribution in [0.1, 0.15) is 47.5 Å². The van der Waals surface area contributed by atoms with Gasteiger partial charge in [-0.05, 0) is 39.5 Å². The molecule has 0 aromatic rings. The molecule has 0 saturated carbocycles. The molecule has 1 atom stereocenters. The van der Waals surface area contributed by atoms with E-state index < -0.39 is 30.3 Å². The number of piperidine rings is 1. The predicted octanol–water partition coefficient (Wildman–Crippen LogP) is 0.975. The van der Waals surface area contributed by atoms with E-state index in [1.165, 1.54) is 0 Å². The van der Waals surface area contributed by atoms with Crippen LogP contribution in [0.2, 0.25) is 0 Å². The van der Waals surface area contributed by atoms with E-state index in [4.69, 9.17) is 9.84 Å². The first-order chi connectivity index (χ1) is 12.4. The molecule has 1 aliphatic rings. The molecule has 3 amide bonds. The number of carboxylic acid groups (broad SMARTS) is 1. The number of aliphatic carboxylic acids is 1. The minimum absolute atomic E-state index is 0.124. The molecule has 0 unspecified atom stereocenters. The van der Waals surface area contributed by atoms with Crippen molar-refractivity contribution >= 4 is 23.9 Å². The average molecular weight is 385 g/mol. The number of hydrogen-bond donors (Lipinski definition) is 3. The number of carbonyl (C=O) groups is 4. The van der Waals surface area contributed by atoms with Gasteiger partial charge in [0.15, 0.2) is 0 Å². The highest BCUT2D eigenvalue weighted by Crippen LogP contribution is 2.19. The van der Waals surface area contributed by atoms with E-state index in [-0.39, 0.29) is 23.7 Å². The monoisotopic (exact) mass is 385 g/mol. The number of rotatable bonds is 6. The second-order valence-electron chi connectivity index (χ2n) is 8.08. The smallest absolute Gasteiger partial charge is 0.408 e. The minimum atomic E-state index is -1.09. The highest BCUT2D eigenvalue weighted by molar-refractivity contribution is 5.87. The number of likely N-dealkylation sites (tertiary alicyclic amines) is 1. The Labute approximate surface area is 159 Å². The summed E-state index contributed by atoms with van der Waals surface area (Å²) in [4.78, 5) is 48.9. The van der Waals surface area contributed by atoms with Crippen molar-refractivity contribution in [2.45, 2.75) is 59.1 Å². The minimum Gasteiger partial charge on any atom is -0.480 e. The van der Waals surface area contributed by atoms with E-state index in [1.54, 1.807) is 25.7 Å². The summed E-state index contributed by atoms with van der Waals surface area (Å²) in [7, 11) is 0. The fraction of sp³-hybridized carbons (Fsp3) is 0.778. The molecule has 0 aromatic carbocycles. The first-order valence-corrected chi connectivity index (χ1v) is 9.18. The van der Waals surface area contributed by atoms with E-state index in [0.717, 1.165) is 0 Å². The Bertz CT molecular complexity index is 562. The summed E-state index contributed by atoms with van der Waals surface area (Å²) in [5.74, 6) is -2.05. The Balaban J connectivity index is 2.60. The Morgan fingerprint density at radius 3 is 2.15 bits per heavy atom. The van der Waals surface area contributed by atoms with Crippen LogP contribution in [0.15, 0.2) is 0 Å². The van der Waals surface area contributed by atoms with Crippen molar-refractivity contribution in [3.05, 3.63) is 0 Å². The lowest BCUT2D eigenvalue weighted by molar-refractivity contribution is -0.140. The molecule has 27 heavy (non-hydrogen) atoms. The van der Waals surface area contributed by atoms with Crippen molar-refractivity contribution in [1.82, 2.24) is 15.5 Å². The summed E-state index contributed by atoms with van der Waals surface area (Å²) >= 11 is 0. The van der Waals surface area contributed by atoms with Gasteiger partial charge in [0.05, 0.1) is 0 Å². The van der Waals surface area contributed by atoms with Gasteiger partial charge < -0.3 is 25.4 Å². The molecule has 1 rings (SSSR count). The first kappa shape index (κ1) is 22.7. The molecule has 1 heterocycles. The van der Waals surface area contributed by atoms with Crippen LogP contribution in [0.5, 0.6) is 0 Å². The number of nitrogens with zero attached hydrogens (tertiary/aromatic N) is 1. The quantitative estimate of drug-likeness (QED) is 0.626. The number of carboxylic acids is 1. The Morgan fingerprint density at radius 2 is 1.70 bits per heavy atom. The van der Waals surface area contributed by atoms with Crippen LogP contribution in [0.4, 0.5) is 4.79 Å². The van der Waals surface area contributed by atoms with E-state index in [9.17, 15) is 19.2 Å². The molecular weight excluding hydrogens is 354 g/mol. The van der Waals surface area contributed by atoms with Crippen molar-refractivity contribution in [1.29, 1.82) is 0 Å². The number of hydrogen-bond acceptors (Lipinski definition) is 5. The lowest BCUT2D eigenvalue weighted by atomic mass is 9.94. The summed E-state index contributed by atoms with van der Waals surface area (Å²) in [5.41, 5.74) is -0.656. The SMILES string of the molecule is CC(C)[C@H](NC(=O)OC(C)(C)C)C(=O)N1CCC(C(=O)NCC(=O)O)CC1. The lowest BCUT2D eigenvalue weighted by Crippen LogP contribution is -2.54. The first-order valence-electron chi connectivity index (χ1n) is 9.18. The Morgan fingerprint density at radius 1 is 1.15 bits per heavy atom. The Kier molecular flexibility index (Phi) is 8.05. The number of amides is 3. The van der Waals surface area contributed by atoms with Crippen LogP contribution in [-0.2, 0) is 19.1 Å². The van der Waals surface area contributed by atoms with Gasteiger partial charge in [0.1, 0.15) is 18.2 Å². The second kappa shape index (κ2) is 9.57. The molecule has 1 fully saturated rings. The largest absolute Gasteiger partial charge is 0.480 e. The fourth-order valence-corrected chi connectivity index (χ4v) is 2.81. The van der Waals surface area contributed by atoms with Crippen molar-refractivity contribution in [2.24, 2.45) is 11.8 Å². The number of alkyl carbamates (subject to hydrolysis) is 1. The van der Waals surface area contributed by atoms with E-state index in [1.807, 2.05) is 13.8 Å². The van der Waals surface area contributed by atoms with Gasteiger partial charge in [-0.2, -0.15) is 0 Å². The van der Waals surface area contributed by atoms with Crippen LogP contribution in [0, 0.1) is 11.8 Å². The van der Waals surface area contributed by atoms with Crippen LogP contribution in [0.25, 0.3) is 0 Å². The standard InChI is InChI=1S/C18H31N3O6/c1-11(2)14(20-17(26)27-18(3,4)5)16(25)21-8-6-12(7-9-21)15(24)19-10-13(22)23/h11-12,14H,6-10H2,1-5H3,(H,19,24)(H,20,26)(H,22,23)/t14-/m0/s1. The molecule has 0 radical (unpaired) electrons. The summed E-state index contributed by atoms with van der Waals surface area (Å²) in [6.07, 6.45) is 0.264. The van der Waals surface area contributed by atoms with Gasteiger partial charge in [0, 0.05) is 19.0 Å². The molecular formula is C18H31N3O6. The zero-order valence-corrected chi connectivity index (χ0v) is 16.7. The van der Waals surface area contributed by atoms with Crippen molar-refractivity contribution in [3.63, 3.8) is 0 Å². The Hall–Kier alpha value is -2.32. The highest BCUT2D eigenvalue weighted by Gasteiger charge is 2.33. The fourth-order valence-electron chi connectivity index (χ4n) is 2.81. The van der Waals surface area contributed by atoms with Gasteiger partial charge >= 0.3 is 12.1 Å². The third kappa shape index (κ3) is 7.84. The predicted molar refractivity (Wildman–Crippen MR) is 97.9 cm³/mol. The van der Waals surface area contributed by atoms with Gasteiger partial charge in [0.25, 0.3) is 0 Å². The summed E-state index contributed by atoms with van der Waals surface area (Å²) in [6, 6.07) is -0.711. The van der Waals surface area contributed by atoms with E-state index in [0.29, 0.717) is 25.9 Å². The molecule has 1 saturated heterocycles. The average Bonchev–Trinajstić information content (AvgIpc) is 2.55. The topological polar surface area (TPSA) is 125 Å². The molecule has 0 aliphatic carbocycles. The molecule has 1 aliphatic heterocycles.